The van der Waals surface area contributed by atoms with Gasteiger partial charge in [-0.25, -0.2) is 4.98 Å². The molecular weight excluding hydrogens is 417 g/mol. The number of halogens is 3. The maximum absolute atomic E-state index is 13.3. The van der Waals surface area contributed by atoms with Gasteiger partial charge in [0.25, 0.3) is 5.91 Å². The first-order chi connectivity index (χ1) is 14.4. The highest BCUT2D eigenvalue weighted by Gasteiger charge is 2.48. The molecule has 156 valence electrons. The monoisotopic (exact) mass is 434 g/mol. The van der Waals surface area contributed by atoms with Gasteiger partial charge < -0.3 is 9.64 Å². The molecule has 5 rings (SSSR count). The first-order valence-corrected chi connectivity index (χ1v) is 10.4. The molecule has 2 aliphatic rings. The molecule has 30 heavy (non-hydrogen) atoms. The Morgan fingerprint density at radius 2 is 2.17 bits per heavy atom. The number of aromatic amines is 1. The van der Waals surface area contributed by atoms with Gasteiger partial charge in [-0.2, -0.15) is 18.3 Å². The molecule has 10 heteroatoms. The second-order valence-corrected chi connectivity index (χ2v) is 8.37. The normalized spacial score (nSPS) is 18.5. The Labute approximate surface area is 173 Å². The molecule has 1 saturated heterocycles. The van der Waals surface area contributed by atoms with Crippen LogP contribution in [-0.4, -0.2) is 51.4 Å². The fourth-order valence-electron chi connectivity index (χ4n) is 3.98. The molecule has 4 heterocycles. The Kier molecular flexibility index (Phi) is 4.53. The van der Waals surface area contributed by atoms with E-state index >= 15 is 0 Å². The number of ether oxygens (including phenoxy) is 1. The van der Waals surface area contributed by atoms with Crippen LogP contribution in [0.5, 0.6) is 5.75 Å². The van der Waals surface area contributed by atoms with E-state index in [0.717, 1.165) is 37.8 Å². The molecule has 6 nitrogen and oxygen atoms in total. The van der Waals surface area contributed by atoms with E-state index in [2.05, 4.69) is 15.2 Å². The van der Waals surface area contributed by atoms with Crippen molar-refractivity contribution in [2.75, 3.05) is 13.2 Å². The van der Waals surface area contributed by atoms with Crippen LogP contribution in [0.2, 0.25) is 0 Å². The van der Waals surface area contributed by atoms with Crippen molar-refractivity contribution in [2.24, 2.45) is 0 Å². The van der Waals surface area contributed by atoms with Crippen LogP contribution in [-0.2, 0) is 6.42 Å². The standard InChI is InChI=1S/C20H17F3N4O2S/c21-20(22,23)16-2-1-6-27(16)19(28)18-26-17-13-4-3-11(12-9-24-25-10-12)8-14(13)29-7-5-15(17)30-18/h3-4,8-10,16H,1-2,5-7H2,(H,24,25)/t16-/m1/s1. The number of benzene rings is 1. The number of hydrogen-bond donors (Lipinski definition) is 1. The van der Waals surface area contributed by atoms with Gasteiger partial charge in [-0.1, -0.05) is 6.07 Å². The summed E-state index contributed by atoms with van der Waals surface area (Å²) in [7, 11) is 0. The average Bonchev–Trinajstić information content (AvgIpc) is 3.46. The Hall–Kier alpha value is -2.88. The topological polar surface area (TPSA) is 71.1 Å². The number of likely N-dealkylation sites (tertiary alicyclic amines) is 1. The smallest absolute Gasteiger partial charge is 0.408 e. The van der Waals surface area contributed by atoms with Crippen molar-refractivity contribution in [1.82, 2.24) is 20.1 Å². The predicted octanol–water partition coefficient (Wildman–Crippen LogP) is 4.30. The molecule has 0 aliphatic carbocycles. The first kappa shape index (κ1) is 19.1. The Balaban J connectivity index is 1.49. The molecule has 0 saturated carbocycles. The van der Waals surface area contributed by atoms with Crippen LogP contribution in [0.3, 0.4) is 0 Å². The van der Waals surface area contributed by atoms with E-state index in [1.165, 1.54) is 0 Å². The number of thiazole rings is 1. The van der Waals surface area contributed by atoms with Crippen LogP contribution in [0.15, 0.2) is 30.6 Å². The van der Waals surface area contributed by atoms with Gasteiger partial charge in [0.2, 0.25) is 0 Å². The molecule has 1 fully saturated rings. The second-order valence-electron chi connectivity index (χ2n) is 7.29. The number of carbonyl (C=O) groups excluding carboxylic acids is 1. The summed E-state index contributed by atoms with van der Waals surface area (Å²) in [5.41, 5.74) is 3.17. The number of carbonyl (C=O) groups is 1. The number of H-pyrrole nitrogens is 1. The first-order valence-electron chi connectivity index (χ1n) is 9.55. The summed E-state index contributed by atoms with van der Waals surface area (Å²) >= 11 is 1.16. The molecule has 1 atom stereocenters. The van der Waals surface area contributed by atoms with Crippen molar-refractivity contribution in [1.29, 1.82) is 0 Å². The van der Waals surface area contributed by atoms with Gasteiger partial charge in [0, 0.05) is 35.2 Å². The molecule has 0 bridgehead atoms. The van der Waals surface area contributed by atoms with Crippen LogP contribution >= 0.6 is 11.3 Å². The number of nitrogens with one attached hydrogen (secondary N) is 1. The van der Waals surface area contributed by atoms with E-state index in [-0.39, 0.29) is 18.0 Å². The zero-order valence-corrected chi connectivity index (χ0v) is 16.5. The van der Waals surface area contributed by atoms with Gasteiger partial charge >= 0.3 is 6.18 Å². The third-order valence-corrected chi connectivity index (χ3v) is 6.53. The van der Waals surface area contributed by atoms with Crippen LogP contribution in [0.1, 0.15) is 27.5 Å². The highest BCUT2D eigenvalue weighted by molar-refractivity contribution is 7.14. The van der Waals surface area contributed by atoms with E-state index in [4.69, 9.17) is 4.74 Å². The van der Waals surface area contributed by atoms with E-state index in [9.17, 15) is 18.0 Å². The lowest BCUT2D eigenvalue weighted by Crippen LogP contribution is -2.44. The SMILES string of the molecule is O=C(c1nc2c(s1)CCOc1cc(-c3cn[nH]c3)ccc1-2)N1CCC[C@@H]1C(F)(F)F. The minimum absolute atomic E-state index is 0.0617. The number of rotatable bonds is 2. The quantitative estimate of drug-likeness (QED) is 0.653. The Morgan fingerprint density at radius 3 is 2.93 bits per heavy atom. The number of hydrogen-bond acceptors (Lipinski definition) is 5. The second kappa shape index (κ2) is 7.12. The van der Waals surface area contributed by atoms with Crippen molar-refractivity contribution in [2.45, 2.75) is 31.5 Å². The maximum Gasteiger partial charge on any atom is 0.408 e. The Bertz CT molecular complexity index is 1090. The molecule has 0 radical (unpaired) electrons. The molecule has 1 amide bonds. The Morgan fingerprint density at radius 1 is 1.30 bits per heavy atom. The lowest BCUT2D eigenvalue weighted by atomic mass is 10.0. The van der Waals surface area contributed by atoms with Gasteiger partial charge in [0.05, 0.1) is 18.5 Å². The lowest BCUT2D eigenvalue weighted by Gasteiger charge is -2.25. The zero-order chi connectivity index (χ0) is 20.9. The largest absolute Gasteiger partial charge is 0.492 e. The van der Waals surface area contributed by atoms with Crippen molar-refractivity contribution in [3.05, 3.63) is 40.5 Å². The van der Waals surface area contributed by atoms with Crippen molar-refractivity contribution >= 4 is 17.2 Å². The minimum Gasteiger partial charge on any atom is -0.492 e. The fourth-order valence-corrected chi connectivity index (χ4v) is 4.99. The number of alkyl halides is 3. The van der Waals surface area contributed by atoms with Gasteiger partial charge in [0.1, 0.15) is 11.8 Å². The minimum atomic E-state index is -4.43. The zero-order valence-electron chi connectivity index (χ0n) is 15.7. The average molecular weight is 434 g/mol. The van der Waals surface area contributed by atoms with E-state index in [1.807, 2.05) is 18.2 Å². The highest BCUT2D eigenvalue weighted by atomic mass is 32.1. The third-order valence-electron chi connectivity index (χ3n) is 5.43. The molecule has 3 aromatic rings. The predicted molar refractivity (Wildman–Crippen MR) is 104 cm³/mol. The van der Waals surface area contributed by atoms with E-state index in [1.54, 1.807) is 12.4 Å². The summed E-state index contributed by atoms with van der Waals surface area (Å²) in [5.74, 6) is -0.0172. The lowest BCUT2D eigenvalue weighted by molar-refractivity contribution is -0.169. The molecule has 0 spiro atoms. The van der Waals surface area contributed by atoms with Gasteiger partial charge in [0.15, 0.2) is 5.01 Å². The molecule has 2 aliphatic heterocycles. The highest BCUT2D eigenvalue weighted by Crippen LogP contribution is 2.41. The van der Waals surface area contributed by atoms with Crippen LogP contribution in [0.4, 0.5) is 13.2 Å². The van der Waals surface area contributed by atoms with Crippen molar-refractivity contribution in [3.8, 4) is 28.1 Å². The molecule has 2 aromatic heterocycles. The number of nitrogens with zero attached hydrogens (tertiary/aromatic N) is 3. The summed E-state index contributed by atoms with van der Waals surface area (Å²) in [5, 5.41) is 6.82. The van der Waals surface area contributed by atoms with Gasteiger partial charge in [-0.3, -0.25) is 9.89 Å². The summed E-state index contributed by atoms with van der Waals surface area (Å²) in [6.07, 6.45) is -0.126. The maximum atomic E-state index is 13.3. The van der Waals surface area contributed by atoms with Gasteiger partial charge in [-0.15, -0.1) is 11.3 Å². The molecule has 1 aromatic carbocycles. The third kappa shape index (κ3) is 3.24. The van der Waals surface area contributed by atoms with Gasteiger partial charge in [-0.05, 0) is 30.5 Å². The van der Waals surface area contributed by atoms with Crippen LogP contribution < -0.4 is 4.74 Å². The molecular formula is C20H17F3N4O2S. The fraction of sp³-hybridized carbons (Fsp3) is 0.350. The summed E-state index contributed by atoms with van der Waals surface area (Å²) in [6, 6.07) is 3.92. The summed E-state index contributed by atoms with van der Waals surface area (Å²) in [6.45, 7) is 0.501. The van der Waals surface area contributed by atoms with Crippen molar-refractivity contribution in [3.63, 3.8) is 0 Å². The van der Waals surface area contributed by atoms with E-state index < -0.39 is 18.1 Å². The summed E-state index contributed by atoms with van der Waals surface area (Å²) < 4.78 is 45.7. The number of aromatic nitrogens is 3. The van der Waals surface area contributed by atoms with Crippen molar-refractivity contribution < 1.29 is 22.7 Å². The molecule has 0 unspecified atom stereocenters. The van der Waals surface area contributed by atoms with E-state index in [0.29, 0.717) is 30.9 Å². The van der Waals surface area contributed by atoms with Crippen LogP contribution in [0.25, 0.3) is 22.4 Å². The summed E-state index contributed by atoms with van der Waals surface area (Å²) in [4.78, 5) is 19.1. The number of fused-ring (bicyclic) bond motifs is 3. The number of amides is 1. The van der Waals surface area contributed by atoms with Crippen LogP contribution in [0, 0.1) is 0 Å². The molecule has 1 N–H and O–H groups in total.